The first kappa shape index (κ1) is 10.2. The Morgan fingerprint density at radius 1 is 1.50 bits per heavy atom. The summed E-state index contributed by atoms with van der Waals surface area (Å²) < 4.78 is 18.6. The second kappa shape index (κ2) is 7.35. The van der Waals surface area contributed by atoms with Crippen molar-refractivity contribution >= 4 is 8.60 Å². The standard InChI is InChI=1S/C5H12FO3P/c1-2-3-4-5-8-10(7)9-6/h7H,2-5H2,1H3. The van der Waals surface area contributed by atoms with Crippen molar-refractivity contribution in [3.05, 3.63) is 0 Å². The zero-order valence-electron chi connectivity index (χ0n) is 5.92. The minimum Gasteiger partial charge on any atom is -0.326 e. The van der Waals surface area contributed by atoms with Gasteiger partial charge in [-0.15, -0.1) is 4.73 Å². The molecule has 0 saturated carbocycles. The van der Waals surface area contributed by atoms with Crippen LogP contribution in [0.25, 0.3) is 0 Å². The van der Waals surface area contributed by atoms with Crippen molar-refractivity contribution in [2.75, 3.05) is 6.61 Å². The molecular weight excluding hydrogens is 158 g/mol. The van der Waals surface area contributed by atoms with Gasteiger partial charge in [-0.3, -0.25) is 0 Å². The zero-order valence-corrected chi connectivity index (χ0v) is 6.81. The molecule has 0 radical (unpaired) electrons. The van der Waals surface area contributed by atoms with E-state index < -0.39 is 8.60 Å². The van der Waals surface area contributed by atoms with Crippen molar-refractivity contribution < 1.29 is 18.7 Å². The predicted molar refractivity (Wildman–Crippen MR) is 36.8 cm³/mol. The van der Waals surface area contributed by atoms with Crippen molar-refractivity contribution in [3.63, 3.8) is 0 Å². The Morgan fingerprint density at radius 2 is 2.20 bits per heavy atom. The third kappa shape index (κ3) is 6.36. The third-order valence-electron chi connectivity index (χ3n) is 1.01. The minimum atomic E-state index is -2.26. The summed E-state index contributed by atoms with van der Waals surface area (Å²) in [6.07, 6.45) is 2.93. The van der Waals surface area contributed by atoms with E-state index in [2.05, 4.69) is 9.25 Å². The first-order valence-corrected chi connectivity index (χ1v) is 4.35. The normalized spacial score (nSPS) is 13.5. The number of hydrogen-bond acceptors (Lipinski definition) is 3. The fourth-order valence-electron chi connectivity index (χ4n) is 0.515. The molecule has 0 amide bonds. The maximum Gasteiger partial charge on any atom is 0.366 e. The van der Waals surface area contributed by atoms with Crippen molar-refractivity contribution in [2.45, 2.75) is 26.2 Å². The van der Waals surface area contributed by atoms with Crippen LogP contribution in [0.3, 0.4) is 0 Å². The van der Waals surface area contributed by atoms with Crippen LogP contribution in [0.1, 0.15) is 26.2 Å². The van der Waals surface area contributed by atoms with Gasteiger partial charge in [0.05, 0.1) is 6.61 Å². The monoisotopic (exact) mass is 170 g/mol. The molecule has 5 heteroatoms. The lowest BCUT2D eigenvalue weighted by atomic mass is 10.3. The average Bonchev–Trinajstić information content (AvgIpc) is 1.98. The molecule has 0 aromatic heterocycles. The zero-order chi connectivity index (χ0) is 7.82. The van der Waals surface area contributed by atoms with Crippen LogP contribution in [-0.4, -0.2) is 11.5 Å². The SMILES string of the molecule is CCCCCOP(O)OF. The second-order valence-electron chi connectivity index (χ2n) is 1.85. The molecule has 1 N–H and O–H groups in total. The van der Waals surface area contributed by atoms with Crippen molar-refractivity contribution in [2.24, 2.45) is 0 Å². The molecule has 0 rings (SSSR count). The van der Waals surface area contributed by atoms with Gasteiger partial charge in [-0.2, -0.15) is 0 Å². The molecule has 10 heavy (non-hydrogen) atoms. The highest BCUT2D eigenvalue weighted by molar-refractivity contribution is 7.40. The molecule has 0 bridgehead atoms. The molecule has 1 unspecified atom stereocenters. The first-order valence-electron chi connectivity index (χ1n) is 3.22. The molecule has 0 spiro atoms. The number of rotatable bonds is 6. The second-order valence-corrected chi connectivity index (χ2v) is 2.72. The van der Waals surface area contributed by atoms with Crippen molar-refractivity contribution in [1.82, 2.24) is 0 Å². The Bertz CT molecular complexity index is 73.9. The molecule has 3 nitrogen and oxygen atoms in total. The van der Waals surface area contributed by atoms with Crippen LogP contribution >= 0.6 is 8.60 Å². The van der Waals surface area contributed by atoms with E-state index in [1.165, 1.54) is 0 Å². The van der Waals surface area contributed by atoms with Gasteiger partial charge in [0.2, 0.25) is 0 Å². The lowest BCUT2D eigenvalue weighted by Gasteiger charge is -2.02. The van der Waals surface area contributed by atoms with Gasteiger partial charge in [0.15, 0.2) is 0 Å². The highest BCUT2D eigenvalue weighted by Crippen LogP contribution is 2.32. The van der Waals surface area contributed by atoms with Crippen LogP contribution in [0.15, 0.2) is 0 Å². The largest absolute Gasteiger partial charge is 0.366 e. The van der Waals surface area contributed by atoms with Gasteiger partial charge in [-0.25, -0.2) is 0 Å². The average molecular weight is 170 g/mol. The molecule has 62 valence electrons. The van der Waals surface area contributed by atoms with Gasteiger partial charge in [-0.05, 0) is 10.9 Å². The summed E-state index contributed by atoms with van der Waals surface area (Å²) in [5, 5.41) is 0. The van der Waals surface area contributed by atoms with E-state index in [9.17, 15) is 4.53 Å². The summed E-state index contributed by atoms with van der Waals surface area (Å²) in [6, 6.07) is 0. The highest BCUT2D eigenvalue weighted by atomic mass is 31.2. The van der Waals surface area contributed by atoms with Crippen LogP contribution < -0.4 is 0 Å². The van der Waals surface area contributed by atoms with Crippen LogP contribution in [0.4, 0.5) is 4.53 Å². The van der Waals surface area contributed by atoms with Crippen LogP contribution in [0.2, 0.25) is 0 Å². The molecule has 0 aliphatic carbocycles. The number of halogens is 1. The summed E-state index contributed by atoms with van der Waals surface area (Å²) in [6.45, 7) is 2.41. The lowest BCUT2D eigenvalue weighted by Crippen LogP contribution is -1.88. The Kier molecular flexibility index (Phi) is 7.52. The van der Waals surface area contributed by atoms with Gasteiger partial charge in [0.25, 0.3) is 0 Å². The molecular formula is C5H12FO3P. The van der Waals surface area contributed by atoms with Gasteiger partial charge >= 0.3 is 8.60 Å². The first-order chi connectivity index (χ1) is 4.81. The quantitative estimate of drug-likeness (QED) is 0.491. The third-order valence-corrected chi connectivity index (χ3v) is 1.53. The summed E-state index contributed by atoms with van der Waals surface area (Å²) >= 11 is 0. The van der Waals surface area contributed by atoms with E-state index in [1.807, 2.05) is 6.92 Å². The molecule has 0 aliphatic rings. The Labute approximate surface area is 61.0 Å². The van der Waals surface area contributed by atoms with E-state index in [1.54, 1.807) is 0 Å². The molecule has 0 aromatic carbocycles. The highest BCUT2D eigenvalue weighted by Gasteiger charge is 2.04. The summed E-state index contributed by atoms with van der Waals surface area (Å²) in [5.41, 5.74) is 0. The predicted octanol–water partition coefficient (Wildman–Crippen LogP) is 2.31. The molecule has 0 fully saturated rings. The van der Waals surface area contributed by atoms with Crippen LogP contribution in [-0.2, 0) is 9.25 Å². The van der Waals surface area contributed by atoms with Crippen LogP contribution in [0, 0.1) is 0 Å². The lowest BCUT2D eigenvalue weighted by molar-refractivity contribution is -0.0277. The Hall–Kier alpha value is 0.240. The maximum absolute atomic E-state index is 11.0. The molecule has 0 aromatic rings. The molecule has 0 saturated heterocycles. The smallest absolute Gasteiger partial charge is 0.326 e. The molecule has 1 atom stereocenters. The van der Waals surface area contributed by atoms with Gasteiger partial charge in [0.1, 0.15) is 0 Å². The number of hydrogen-bond donors (Lipinski definition) is 1. The van der Waals surface area contributed by atoms with Crippen molar-refractivity contribution in [1.29, 1.82) is 0 Å². The van der Waals surface area contributed by atoms with E-state index in [0.29, 0.717) is 6.61 Å². The summed E-state index contributed by atoms with van der Waals surface area (Å²) in [7, 11) is -2.26. The fraction of sp³-hybridized carbons (Fsp3) is 1.00. The van der Waals surface area contributed by atoms with Crippen LogP contribution in [0.5, 0.6) is 0 Å². The van der Waals surface area contributed by atoms with Gasteiger partial charge in [0, 0.05) is 0 Å². The maximum atomic E-state index is 11.0. The minimum absolute atomic E-state index is 0.361. The summed E-state index contributed by atoms with van der Waals surface area (Å²) in [5.74, 6) is 0. The molecule has 0 heterocycles. The topological polar surface area (TPSA) is 38.7 Å². The Morgan fingerprint density at radius 3 is 2.70 bits per heavy atom. The Balaban J connectivity index is 2.89. The summed E-state index contributed by atoms with van der Waals surface area (Å²) in [4.78, 5) is 8.40. The number of unbranched alkanes of at least 4 members (excludes halogenated alkanes) is 2. The van der Waals surface area contributed by atoms with E-state index in [-0.39, 0.29) is 0 Å². The van der Waals surface area contributed by atoms with Gasteiger partial charge in [-0.1, -0.05) is 19.8 Å². The van der Waals surface area contributed by atoms with E-state index in [4.69, 9.17) is 4.89 Å². The van der Waals surface area contributed by atoms with Crippen molar-refractivity contribution in [3.8, 4) is 0 Å². The van der Waals surface area contributed by atoms with Gasteiger partial charge < -0.3 is 9.42 Å². The van der Waals surface area contributed by atoms with E-state index in [0.717, 1.165) is 19.3 Å². The van der Waals surface area contributed by atoms with E-state index >= 15 is 0 Å². The fourth-order valence-corrected chi connectivity index (χ4v) is 0.840. The molecule has 0 aliphatic heterocycles.